The van der Waals surface area contributed by atoms with Crippen molar-refractivity contribution < 1.29 is 14.3 Å². The van der Waals surface area contributed by atoms with Crippen LogP contribution in [0, 0.1) is 13.8 Å². The first-order valence-corrected chi connectivity index (χ1v) is 8.52. The fraction of sp³-hybridized carbons (Fsp3) is 0.556. The first-order chi connectivity index (χ1) is 11.5. The number of amides is 3. The van der Waals surface area contributed by atoms with Crippen molar-refractivity contribution in [2.75, 3.05) is 39.3 Å². The molecule has 3 amide bonds. The van der Waals surface area contributed by atoms with Crippen molar-refractivity contribution in [3.63, 3.8) is 0 Å². The van der Waals surface area contributed by atoms with Gasteiger partial charge in [-0.2, -0.15) is 0 Å². The molecule has 0 saturated carbocycles. The molecule has 0 aromatic heterocycles. The number of urea groups is 1. The molecule has 1 saturated heterocycles. The molecule has 0 spiro atoms. The highest BCUT2D eigenvalue weighted by atomic mass is 16.5. The van der Waals surface area contributed by atoms with E-state index in [1.54, 1.807) is 4.90 Å². The van der Waals surface area contributed by atoms with Gasteiger partial charge in [0.1, 0.15) is 5.75 Å². The van der Waals surface area contributed by atoms with Crippen LogP contribution >= 0.6 is 0 Å². The van der Waals surface area contributed by atoms with Crippen molar-refractivity contribution in [3.05, 3.63) is 29.3 Å². The molecule has 2 rings (SSSR count). The molecule has 1 aromatic carbocycles. The Balaban J connectivity index is 1.74. The van der Waals surface area contributed by atoms with Crippen molar-refractivity contribution in [2.24, 2.45) is 0 Å². The largest absolute Gasteiger partial charge is 0.493 e. The van der Waals surface area contributed by atoms with E-state index < -0.39 is 0 Å². The molecule has 0 radical (unpaired) electrons. The van der Waals surface area contributed by atoms with E-state index in [-0.39, 0.29) is 11.9 Å². The number of rotatable bonds is 5. The highest BCUT2D eigenvalue weighted by molar-refractivity contribution is 5.77. The van der Waals surface area contributed by atoms with Crippen molar-refractivity contribution in [2.45, 2.75) is 27.2 Å². The van der Waals surface area contributed by atoms with Crippen molar-refractivity contribution in [1.29, 1.82) is 0 Å². The molecule has 24 heavy (non-hydrogen) atoms. The van der Waals surface area contributed by atoms with Crippen molar-refractivity contribution in [1.82, 2.24) is 15.1 Å². The van der Waals surface area contributed by atoms with Crippen LogP contribution in [0.4, 0.5) is 4.79 Å². The van der Waals surface area contributed by atoms with Gasteiger partial charge in [-0.25, -0.2) is 4.79 Å². The molecular formula is C18H27N3O3. The minimum atomic E-state index is -0.0529. The summed E-state index contributed by atoms with van der Waals surface area (Å²) in [5.74, 6) is 0.916. The van der Waals surface area contributed by atoms with Gasteiger partial charge in [0.2, 0.25) is 5.91 Å². The smallest absolute Gasteiger partial charge is 0.317 e. The summed E-state index contributed by atoms with van der Waals surface area (Å²) < 4.78 is 5.75. The van der Waals surface area contributed by atoms with Gasteiger partial charge in [0.25, 0.3) is 0 Å². The summed E-state index contributed by atoms with van der Waals surface area (Å²) in [6.07, 6.45) is 0.356. The lowest BCUT2D eigenvalue weighted by atomic mass is 10.1. The van der Waals surface area contributed by atoms with Gasteiger partial charge in [-0.3, -0.25) is 4.79 Å². The van der Waals surface area contributed by atoms with Crippen LogP contribution in [0.25, 0.3) is 0 Å². The van der Waals surface area contributed by atoms with Crippen LogP contribution in [-0.2, 0) is 4.79 Å². The Morgan fingerprint density at radius 2 is 1.79 bits per heavy atom. The number of nitrogens with one attached hydrogen (secondary N) is 1. The van der Waals surface area contributed by atoms with Gasteiger partial charge in [-0.05, 0) is 38.0 Å². The topological polar surface area (TPSA) is 61.9 Å². The zero-order chi connectivity index (χ0) is 17.5. The Labute approximate surface area is 143 Å². The summed E-state index contributed by atoms with van der Waals surface area (Å²) in [6, 6.07) is 6.00. The second-order valence-electron chi connectivity index (χ2n) is 6.07. The Hall–Kier alpha value is -2.24. The average Bonchev–Trinajstić information content (AvgIpc) is 2.58. The minimum absolute atomic E-state index is 0.0529. The zero-order valence-electron chi connectivity index (χ0n) is 14.8. The van der Waals surface area contributed by atoms with E-state index in [1.165, 1.54) is 0 Å². The molecule has 0 bridgehead atoms. The first-order valence-electron chi connectivity index (χ1n) is 8.52. The number of ether oxygens (including phenoxy) is 1. The number of carbonyl (C=O) groups is 2. The second kappa shape index (κ2) is 8.57. The summed E-state index contributed by atoms with van der Waals surface area (Å²) >= 11 is 0. The van der Waals surface area contributed by atoms with Gasteiger partial charge >= 0.3 is 6.03 Å². The minimum Gasteiger partial charge on any atom is -0.493 e. The van der Waals surface area contributed by atoms with Crippen LogP contribution < -0.4 is 10.1 Å². The molecule has 132 valence electrons. The van der Waals surface area contributed by atoms with E-state index in [4.69, 9.17) is 4.74 Å². The van der Waals surface area contributed by atoms with Crippen LogP contribution in [0.3, 0.4) is 0 Å². The molecule has 0 unspecified atom stereocenters. The standard InChI is InChI=1S/C18H27N3O3/c1-4-19-18(23)21-10-8-20(9-11-21)17(22)7-12-24-16-13-14(2)5-6-15(16)3/h5-6,13H,4,7-12H2,1-3H3,(H,19,23). The first kappa shape index (κ1) is 18.1. The highest BCUT2D eigenvalue weighted by Gasteiger charge is 2.23. The number of hydrogen-bond donors (Lipinski definition) is 1. The summed E-state index contributed by atoms with van der Waals surface area (Å²) in [6.45, 7) is 9.23. The fourth-order valence-corrected chi connectivity index (χ4v) is 2.69. The Bertz CT molecular complexity index is 581. The third-order valence-electron chi connectivity index (χ3n) is 4.16. The third-order valence-corrected chi connectivity index (χ3v) is 4.16. The van der Waals surface area contributed by atoms with E-state index in [9.17, 15) is 9.59 Å². The molecule has 0 atom stereocenters. The number of piperazine rings is 1. The van der Waals surface area contributed by atoms with Crippen LogP contribution in [0.1, 0.15) is 24.5 Å². The maximum absolute atomic E-state index is 12.3. The fourth-order valence-electron chi connectivity index (χ4n) is 2.69. The van der Waals surface area contributed by atoms with Gasteiger partial charge in [-0.15, -0.1) is 0 Å². The number of hydrogen-bond acceptors (Lipinski definition) is 3. The predicted molar refractivity (Wildman–Crippen MR) is 93.3 cm³/mol. The molecule has 1 N–H and O–H groups in total. The van der Waals surface area contributed by atoms with Crippen molar-refractivity contribution >= 4 is 11.9 Å². The lowest BCUT2D eigenvalue weighted by Crippen LogP contribution is -2.53. The summed E-state index contributed by atoms with van der Waals surface area (Å²) in [5, 5.41) is 2.79. The number of nitrogens with zero attached hydrogens (tertiary/aromatic N) is 2. The van der Waals surface area contributed by atoms with Gasteiger partial charge in [-0.1, -0.05) is 12.1 Å². The maximum Gasteiger partial charge on any atom is 0.317 e. The monoisotopic (exact) mass is 333 g/mol. The van der Waals surface area contributed by atoms with Crippen LogP contribution in [-0.4, -0.2) is 61.1 Å². The SMILES string of the molecule is CCNC(=O)N1CCN(C(=O)CCOc2cc(C)ccc2C)CC1. The molecule has 1 aliphatic heterocycles. The molecule has 6 heteroatoms. The Morgan fingerprint density at radius 3 is 2.46 bits per heavy atom. The molecule has 1 aliphatic rings. The number of carbonyl (C=O) groups excluding carboxylic acids is 2. The van der Waals surface area contributed by atoms with Crippen LogP contribution in [0.15, 0.2) is 18.2 Å². The van der Waals surface area contributed by atoms with E-state index in [1.807, 2.05) is 43.9 Å². The average molecular weight is 333 g/mol. The van der Waals surface area contributed by atoms with E-state index in [0.29, 0.717) is 45.8 Å². The normalized spacial score (nSPS) is 14.5. The molecule has 0 aliphatic carbocycles. The maximum atomic E-state index is 12.3. The van der Waals surface area contributed by atoms with Crippen molar-refractivity contribution in [3.8, 4) is 5.75 Å². The zero-order valence-corrected chi connectivity index (χ0v) is 14.8. The second-order valence-corrected chi connectivity index (χ2v) is 6.07. The van der Waals surface area contributed by atoms with Gasteiger partial charge in [0.05, 0.1) is 13.0 Å². The Kier molecular flexibility index (Phi) is 6.46. The number of aryl methyl sites for hydroxylation is 2. The summed E-state index contributed by atoms with van der Waals surface area (Å²) in [7, 11) is 0. The molecular weight excluding hydrogens is 306 g/mol. The van der Waals surface area contributed by atoms with Gasteiger partial charge < -0.3 is 19.9 Å². The quantitative estimate of drug-likeness (QED) is 0.896. The molecule has 1 heterocycles. The van der Waals surface area contributed by atoms with Crippen LogP contribution in [0.5, 0.6) is 5.75 Å². The summed E-state index contributed by atoms with van der Waals surface area (Å²) in [4.78, 5) is 27.6. The summed E-state index contributed by atoms with van der Waals surface area (Å²) in [5.41, 5.74) is 2.21. The van der Waals surface area contributed by atoms with E-state index in [0.717, 1.165) is 16.9 Å². The number of benzene rings is 1. The molecule has 1 aromatic rings. The predicted octanol–water partition coefficient (Wildman–Crippen LogP) is 1.95. The third kappa shape index (κ3) is 4.88. The molecule has 1 fully saturated rings. The Morgan fingerprint density at radius 1 is 1.12 bits per heavy atom. The lowest BCUT2D eigenvalue weighted by Gasteiger charge is -2.34. The van der Waals surface area contributed by atoms with E-state index >= 15 is 0 Å². The highest BCUT2D eigenvalue weighted by Crippen LogP contribution is 2.19. The van der Waals surface area contributed by atoms with E-state index in [2.05, 4.69) is 5.32 Å². The van der Waals surface area contributed by atoms with Gasteiger partial charge in [0, 0.05) is 32.7 Å². The lowest BCUT2D eigenvalue weighted by molar-refractivity contribution is -0.133. The van der Waals surface area contributed by atoms with Gasteiger partial charge in [0.15, 0.2) is 0 Å². The molecule has 6 nitrogen and oxygen atoms in total. The van der Waals surface area contributed by atoms with Crippen LogP contribution in [0.2, 0.25) is 0 Å².